The van der Waals surface area contributed by atoms with Crippen LogP contribution in [-0.4, -0.2) is 15.0 Å². The van der Waals surface area contributed by atoms with Crippen molar-refractivity contribution < 1.29 is 4.42 Å². The van der Waals surface area contributed by atoms with E-state index in [-0.39, 0.29) is 0 Å². The monoisotopic (exact) mass is 707 g/mol. The number of thiophene rings is 1. The molecule has 0 N–H and O–H groups in total. The molecule has 0 radical (unpaired) electrons. The number of nitrogens with zero attached hydrogens (tertiary/aromatic N) is 3. The number of pyridine rings is 1. The van der Waals surface area contributed by atoms with Crippen LogP contribution in [0.2, 0.25) is 0 Å². The molecule has 0 aliphatic carbocycles. The Morgan fingerprint density at radius 3 is 1.94 bits per heavy atom. The summed E-state index contributed by atoms with van der Waals surface area (Å²) in [6.07, 6.45) is 0. The van der Waals surface area contributed by atoms with E-state index < -0.39 is 0 Å². The van der Waals surface area contributed by atoms with Crippen LogP contribution >= 0.6 is 11.3 Å². The van der Waals surface area contributed by atoms with Gasteiger partial charge in [0.25, 0.3) is 0 Å². The number of hydrogen-bond donors (Lipinski definition) is 0. The molecule has 0 saturated heterocycles. The Hall–Kier alpha value is -6.95. The van der Waals surface area contributed by atoms with Gasteiger partial charge in [0.15, 0.2) is 5.82 Å². The molecular weight excluding hydrogens is 679 g/mol. The van der Waals surface area contributed by atoms with Gasteiger partial charge < -0.3 is 4.42 Å². The third kappa shape index (κ3) is 5.01. The summed E-state index contributed by atoms with van der Waals surface area (Å²) in [5.41, 5.74) is 11.5. The molecule has 0 atom stereocenters. The number of rotatable bonds is 5. The van der Waals surface area contributed by atoms with E-state index in [1.165, 1.54) is 25.7 Å². The zero-order valence-corrected chi connectivity index (χ0v) is 29.7. The maximum absolute atomic E-state index is 6.55. The van der Waals surface area contributed by atoms with Gasteiger partial charge >= 0.3 is 0 Å². The van der Waals surface area contributed by atoms with Crippen molar-refractivity contribution in [2.45, 2.75) is 0 Å². The summed E-state index contributed by atoms with van der Waals surface area (Å²) in [5, 5.41) is 5.62. The van der Waals surface area contributed by atoms with Crippen molar-refractivity contribution >= 4 is 64.4 Å². The van der Waals surface area contributed by atoms with Crippen molar-refractivity contribution in [1.29, 1.82) is 0 Å². The summed E-state index contributed by atoms with van der Waals surface area (Å²) in [6.45, 7) is 0. The molecule has 11 aromatic rings. The summed E-state index contributed by atoms with van der Waals surface area (Å²) in [7, 11) is 0. The van der Waals surface area contributed by atoms with Crippen LogP contribution in [0.25, 0.3) is 109 Å². The zero-order valence-electron chi connectivity index (χ0n) is 28.9. The summed E-state index contributed by atoms with van der Waals surface area (Å²) in [6, 6.07) is 61.2. The minimum atomic E-state index is 0.669. The van der Waals surface area contributed by atoms with Gasteiger partial charge in [0.05, 0.1) is 28.0 Å². The van der Waals surface area contributed by atoms with Crippen LogP contribution in [-0.2, 0) is 0 Å². The largest absolute Gasteiger partial charge is 0.455 e. The van der Waals surface area contributed by atoms with Crippen molar-refractivity contribution in [1.82, 2.24) is 15.0 Å². The molecule has 0 saturated carbocycles. The fourth-order valence-electron chi connectivity index (χ4n) is 7.71. The third-order valence-electron chi connectivity index (χ3n) is 10.3. The lowest BCUT2D eigenvalue weighted by Crippen LogP contribution is -1.96. The summed E-state index contributed by atoms with van der Waals surface area (Å²) in [4.78, 5) is 15.8. The molecule has 5 heteroatoms. The van der Waals surface area contributed by atoms with E-state index in [0.717, 1.165) is 77.7 Å². The summed E-state index contributed by atoms with van der Waals surface area (Å²) in [5.74, 6) is 0.669. The second-order valence-electron chi connectivity index (χ2n) is 13.6. The first-order chi connectivity index (χ1) is 26.7. The molecule has 4 nitrogen and oxygen atoms in total. The number of benzene rings is 7. The second-order valence-corrected chi connectivity index (χ2v) is 14.6. The van der Waals surface area contributed by atoms with Crippen LogP contribution in [0.3, 0.4) is 0 Å². The Balaban J connectivity index is 1.09. The van der Waals surface area contributed by atoms with Gasteiger partial charge in [-0.15, -0.1) is 11.3 Å². The molecule has 0 unspecified atom stereocenters. The Morgan fingerprint density at radius 2 is 1.09 bits per heavy atom. The van der Waals surface area contributed by atoms with Gasteiger partial charge in [0, 0.05) is 53.2 Å². The Labute approximate surface area is 314 Å². The lowest BCUT2D eigenvalue weighted by molar-refractivity contribution is 0.672. The quantitative estimate of drug-likeness (QED) is 0.179. The molecule has 0 aliphatic heterocycles. The zero-order chi connectivity index (χ0) is 35.6. The molecule has 11 rings (SSSR count). The highest BCUT2D eigenvalue weighted by Gasteiger charge is 2.19. The number of furan rings is 1. The SMILES string of the molecule is c1ccc(-c2cc(-c3ccc4c(c3)nc(-c3ccccc3)c3c5ccccc5oc43)nc(-c3cccc(-c4cccc5c4sc4ccccc45)c3)n2)cc1. The average Bonchev–Trinajstić information content (AvgIpc) is 3.83. The van der Waals surface area contributed by atoms with Crippen molar-refractivity contribution in [3.63, 3.8) is 0 Å². The molecule has 4 heterocycles. The highest BCUT2D eigenvalue weighted by Crippen LogP contribution is 2.42. The van der Waals surface area contributed by atoms with Crippen LogP contribution in [0, 0.1) is 0 Å². The van der Waals surface area contributed by atoms with Gasteiger partial charge in [-0.3, -0.25) is 0 Å². The van der Waals surface area contributed by atoms with E-state index in [4.69, 9.17) is 19.4 Å². The van der Waals surface area contributed by atoms with E-state index in [0.29, 0.717) is 5.82 Å². The summed E-state index contributed by atoms with van der Waals surface area (Å²) >= 11 is 1.84. The number of hydrogen-bond acceptors (Lipinski definition) is 5. The maximum Gasteiger partial charge on any atom is 0.160 e. The Kier molecular flexibility index (Phi) is 7.00. The fourth-order valence-corrected chi connectivity index (χ4v) is 8.95. The first-order valence-corrected chi connectivity index (χ1v) is 18.8. The highest BCUT2D eigenvalue weighted by atomic mass is 32.1. The number of fused-ring (bicyclic) bond motifs is 8. The van der Waals surface area contributed by atoms with Gasteiger partial charge in [0.1, 0.15) is 11.2 Å². The van der Waals surface area contributed by atoms with Gasteiger partial charge in [-0.2, -0.15) is 0 Å². The van der Waals surface area contributed by atoms with Crippen LogP contribution in [0.1, 0.15) is 0 Å². The van der Waals surface area contributed by atoms with Crippen molar-refractivity contribution in [3.8, 4) is 56.3 Å². The average molecular weight is 708 g/mol. The lowest BCUT2D eigenvalue weighted by Gasteiger charge is -2.12. The topological polar surface area (TPSA) is 51.8 Å². The molecule has 0 amide bonds. The van der Waals surface area contributed by atoms with E-state index >= 15 is 0 Å². The van der Waals surface area contributed by atoms with Crippen molar-refractivity contribution in [2.24, 2.45) is 0 Å². The molecule has 54 heavy (non-hydrogen) atoms. The molecule has 0 aliphatic rings. The molecule has 0 spiro atoms. The lowest BCUT2D eigenvalue weighted by atomic mass is 9.99. The van der Waals surface area contributed by atoms with Crippen molar-refractivity contribution in [2.75, 3.05) is 0 Å². The van der Waals surface area contributed by atoms with Crippen LogP contribution in [0.15, 0.2) is 180 Å². The minimum Gasteiger partial charge on any atom is -0.455 e. The first-order valence-electron chi connectivity index (χ1n) is 18.0. The van der Waals surface area contributed by atoms with E-state index in [1.807, 2.05) is 47.7 Å². The highest BCUT2D eigenvalue weighted by molar-refractivity contribution is 7.26. The van der Waals surface area contributed by atoms with Crippen molar-refractivity contribution in [3.05, 3.63) is 176 Å². The summed E-state index contributed by atoms with van der Waals surface area (Å²) < 4.78 is 9.13. The Bertz CT molecular complexity index is 3220. The van der Waals surface area contributed by atoms with E-state index in [1.54, 1.807) is 0 Å². The third-order valence-corrected chi connectivity index (χ3v) is 11.5. The predicted molar refractivity (Wildman–Crippen MR) is 225 cm³/mol. The van der Waals surface area contributed by atoms with Crippen LogP contribution in [0.5, 0.6) is 0 Å². The van der Waals surface area contributed by atoms with E-state index in [9.17, 15) is 0 Å². The van der Waals surface area contributed by atoms with Crippen LogP contribution in [0.4, 0.5) is 0 Å². The molecular formula is C49H29N3OS. The van der Waals surface area contributed by atoms with Crippen LogP contribution < -0.4 is 0 Å². The van der Waals surface area contributed by atoms with Gasteiger partial charge in [-0.25, -0.2) is 15.0 Å². The van der Waals surface area contributed by atoms with Gasteiger partial charge in [-0.05, 0) is 47.5 Å². The normalized spacial score (nSPS) is 11.7. The number of para-hydroxylation sites is 1. The first kappa shape index (κ1) is 30.7. The molecule has 252 valence electrons. The number of aromatic nitrogens is 3. The predicted octanol–water partition coefficient (Wildman–Crippen LogP) is 13.6. The van der Waals surface area contributed by atoms with E-state index in [2.05, 4.69) is 140 Å². The fraction of sp³-hybridized carbons (Fsp3) is 0. The van der Waals surface area contributed by atoms with Gasteiger partial charge in [-0.1, -0.05) is 140 Å². The Morgan fingerprint density at radius 1 is 0.426 bits per heavy atom. The smallest absolute Gasteiger partial charge is 0.160 e. The molecule has 0 bridgehead atoms. The molecule has 7 aromatic carbocycles. The molecule has 0 fully saturated rings. The standard InChI is InChI=1S/C49H29N3OS/c1-3-13-30(14-4-1)40-29-41(52-49(51-40)34-18-11-17-32(27-34)35-21-12-22-37-36-19-8-10-24-44(36)54-48(35)37)33-25-26-38-42(28-33)50-46(31-15-5-2-6-16-31)45-39-20-7-9-23-43(39)53-47(38)45/h1-29H. The maximum atomic E-state index is 6.55. The minimum absolute atomic E-state index is 0.669. The second kappa shape index (κ2) is 12.3. The molecule has 4 aromatic heterocycles. The van der Waals surface area contributed by atoms with Gasteiger partial charge in [0.2, 0.25) is 0 Å².